The Morgan fingerprint density at radius 1 is 1.17 bits per heavy atom. The number of nitrogens with one attached hydrogen (secondary N) is 2. The maximum atomic E-state index is 5.56. The Labute approximate surface area is 146 Å². The second kappa shape index (κ2) is 13.6. The van der Waals surface area contributed by atoms with Gasteiger partial charge in [-0.05, 0) is 32.8 Å². The molecule has 0 fully saturated rings. The van der Waals surface area contributed by atoms with Crippen LogP contribution < -0.4 is 15.4 Å². The third-order valence-corrected chi connectivity index (χ3v) is 3.28. The lowest BCUT2D eigenvalue weighted by atomic mass is 10.3. The van der Waals surface area contributed by atoms with Crippen molar-refractivity contribution in [3.63, 3.8) is 0 Å². The summed E-state index contributed by atoms with van der Waals surface area (Å²) in [7, 11) is 0. The van der Waals surface area contributed by atoms with Crippen molar-refractivity contribution in [2.45, 2.75) is 46.6 Å². The summed E-state index contributed by atoms with van der Waals surface area (Å²) in [6.45, 7) is 10.6. The van der Waals surface area contributed by atoms with Gasteiger partial charge in [-0.2, -0.15) is 0 Å². The van der Waals surface area contributed by atoms with E-state index in [2.05, 4.69) is 34.5 Å². The molecule has 0 bridgehead atoms. The molecule has 0 aromatic carbocycles. The fraction of sp³-hybridized carbons (Fsp3) is 0.667. The lowest BCUT2D eigenvalue weighted by Crippen LogP contribution is -2.38. The number of hydrogen-bond donors (Lipinski definition) is 2. The molecule has 2 N–H and O–H groups in total. The van der Waals surface area contributed by atoms with E-state index < -0.39 is 0 Å². The second-order valence-electron chi connectivity index (χ2n) is 5.34. The van der Waals surface area contributed by atoms with Crippen LogP contribution >= 0.6 is 0 Å². The van der Waals surface area contributed by atoms with E-state index in [1.807, 2.05) is 19.1 Å². The van der Waals surface area contributed by atoms with Crippen LogP contribution in [-0.2, 0) is 11.3 Å². The minimum atomic E-state index is 0.533. The zero-order chi connectivity index (χ0) is 17.5. The van der Waals surface area contributed by atoms with Crippen LogP contribution in [0.3, 0.4) is 0 Å². The van der Waals surface area contributed by atoms with Crippen molar-refractivity contribution in [3.05, 3.63) is 23.9 Å². The van der Waals surface area contributed by atoms with Crippen LogP contribution in [0.1, 0.15) is 45.6 Å². The van der Waals surface area contributed by atoms with E-state index in [1.54, 1.807) is 6.20 Å². The third kappa shape index (κ3) is 8.72. The van der Waals surface area contributed by atoms with E-state index >= 15 is 0 Å². The first kappa shape index (κ1) is 20.2. The molecular weight excluding hydrogens is 304 g/mol. The van der Waals surface area contributed by atoms with Gasteiger partial charge in [-0.25, -0.2) is 9.98 Å². The molecule has 6 heteroatoms. The summed E-state index contributed by atoms with van der Waals surface area (Å²) in [5.41, 5.74) is 0.986. The topological polar surface area (TPSA) is 67.8 Å². The highest BCUT2D eigenvalue weighted by atomic mass is 16.5. The first-order chi connectivity index (χ1) is 11.8. The zero-order valence-electron chi connectivity index (χ0n) is 15.3. The van der Waals surface area contributed by atoms with E-state index in [1.165, 1.54) is 6.42 Å². The van der Waals surface area contributed by atoms with Gasteiger partial charge in [0.15, 0.2) is 5.96 Å². The van der Waals surface area contributed by atoms with Crippen molar-refractivity contribution < 1.29 is 9.47 Å². The lowest BCUT2D eigenvalue weighted by molar-refractivity contribution is 0.129. The van der Waals surface area contributed by atoms with Crippen molar-refractivity contribution in [2.75, 3.05) is 32.9 Å². The van der Waals surface area contributed by atoms with Gasteiger partial charge >= 0.3 is 0 Å². The Balaban J connectivity index is 2.42. The quantitative estimate of drug-likeness (QED) is 0.349. The molecule has 24 heavy (non-hydrogen) atoms. The van der Waals surface area contributed by atoms with E-state index in [4.69, 9.17) is 9.47 Å². The number of rotatable bonds is 12. The smallest absolute Gasteiger partial charge is 0.218 e. The number of aliphatic imine (C=N–C) groups is 1. The van der Waals surface area contributed by atoms with E-state index in [0.717, 1.165) is 50.7 Å². The van der Waals surface area contributed by atoms with Gasteiger partial charge in [-0.15, -0.1) is 0 Å². The average Bonchev–Trinajstić information content (AvgIpc) is 2.60. The average molecular weight is 336 g/mol. The maximum absolute atomic E-state index is 5.56. The first-order valence-corrected chi connectivity index (χ1v) is 8.98. The van der Waals surface area contributed by atoms with Crippen LogP contribution in [0.15, 0.2) is 23.3 Å². The summed E-state index contributed by atoms with van der Waals surface area (Å²) >= 11 is 0. The number of unbranched alkanes of at least 4 members (excludes halogenated alkanes) is 1. The van der Waals surface area contributed by atoms with E-state index in [-0.39, 0.29) is 0 Å². The van der Waals surface area contributed by atoms with Gasteiger partial charge in [0.1, 0.15) is 0 Å². The molecule has 0 atom stereocenters. The van der Waals surface area contributed by atoms with Crippen molar-refractivity contribution in [2.24, 2.45) is 4.99 Å². The molecule has 1 rings (SSSR count). The summed E-state index contributed by atoms with van der Waals surface area (Å²) < 4.78 is 11.1. The first-order valence-electron chi connectivity index (χ1n) is 8.98. The molecule has 0 amide bonds. The number of aromatic nitrogens is 1. The number of hydrogen-bond acceptors (Lipinski definition) is 4. The molecule has 0 aliphatic carbocycles. The highest BCUT2D eigenvalue weighted by Gasteiger charge is 2.04. The highest BCUT2D eigenvalue weighted by molar-refractivity contribution is 5.79. The summed E-state index contributed by atoms with van der Waals surface area (Å²) in [6.07, 6.45) is 5.00. The molecule has 0 aliphatic rings. The molecule has 1 aromatic rings. The fourth-order valence-electron chi connectivity index (χ4n) is 2.05. The van der Waals surface area contributed by atoms with E-state index in [9.17, 15) is 0 Å². The monoisotopic (exact) mass is 336 g/mol. The molecule has 0 unspecified atom stereocenters. The second-order valence-corrected chi connectivity index (χ2v) is 5.34. The van der Waals surface area contributed by atoms with Gasteiger partial charge < -0.3 is 20.1 Å². The molecule has 0 spiro atoms. The Bertz CT molecular complexity index is 466. The maximum Gasteiger partial charge on any atom is 0.218 e. The molecule has 1 heterocycles. The third-order valence-electron chi connectivity index (χ3n) is 3.28. The Morgan fingerprint density at radius 3 is 2.75 bits per heavy atom. The predicted octanol–water partition coefficient (Wildman–Crippen LogP) is 2.74. The Kier molecular flexibility index (Phi) is 11.5. The van der Waals surface area contributed by atoms with Gasteiger partial charge in [-0.3, -0.25) is 0 Å². The number of pyridine rings is 1. The van der Waals surface area contributed by atoms with Crippen molar-refractivity contribution >= 4 is 5.96 Å². The Hall–Kier alpha value is -1.82. The predicted molar refractivity (Wildman–Crippen MR) is 98.6 cm³/mol. The Morgan fingerprint density at radius 2 is 2.00 bits per heavy atom. The number of ether oxygens (including phenoxy) is 2. The molecule has 1 aromatic heterocycles. The van der Waals surface area contributed by atoms with Crippen LogP contribution in [0.25, 0.3) is 0 Å². The summed E-state index contributed by atoms with van der Waals surface area (Å²) in [4.78, 5) is 8.86. The van der Waals surface area contributed by atoms with Gasteiger partial charge in [0.25, 0.3) is 0 Å². The van der Waals surface area contributed by atoms with Crippen LogP contribution in [0.4, 0.5) is 0 Å². The molecule has 0 saturated carbocycles. The molecule has 0 saturated heterocycles. The molecule has 6 nitrogen and oxygen atoms in total. The molecular formula is C18H32N4O2. The lowest BCUT2D eigenvalue weighted by Gasteiger charge is -2.12. The minimum Gasteiger partial charge on any atom is -0.478 e. The summed E-state index contributed by atoms with van der Waals surface area (Å²) in [6, 6.07) is 3.90. The van der Waals surface area contributed by atoms with Crippen LogP contribution in [0.2, 0.25) is 0 Å². The zero-order valence-corrected chi connectivity index (χ0v) is 15.3. The van der Waals surface area contributed by atoms with Gasteiger partial charge in [-0.1, -0.05) is 19.4 Å². The van der Waals surface area contributed by atoms with Crippen molar-refractivity contribution in [1.82, 2.24) is 15.6 Å². The standard InChI is InChI=1S/C18H32N4O2/c1-4-7-13-23-14-9-12-21-18(19-5-2)22-15-16-10-8-11-20-17(16)24-6-3/h8,10-11H,4-7,9,12-15H2,1-3H3,(H2,19,21,22). The largest absolute Gasteiger partial charge is 0.478 e. The van der Waals surface area contributed by atoms with Crippen molar-refractivity contribution in [3.8, 4) is 5.88 Å². The highest BCUT2D eigenvalue weighted by Crippen LogP contribution is 2.15. The number of nitrogens with zero attached hydrogens (tertiary/aromatic N) is 2. The normalized spacial score (nSPS) is 11.4. The van der Waals surface area contributed by atoms with Gasteiger partial charge in [0.2, 0.25) is 5.88 Å². The van der Waals surface area contributed by atoms with Gasteiger partial charge in [0.05, 0.1) is 13.2 Å². The number of guanidine groups is 1. The van der Waals surface area contributed by atoms with Crippen LogP contribution in [-0.4, -0.2) is 43.9 Å². The van der Waals surface area contributed by atoms with Crippen molar-refractivity contribution in [1.29, 1.82) is 0 Å². The fourth-order valence-corrected chi connectivity index (χ4v) is 2.05. The molecule has 136 valence electrons. The van der Waals surface area contributed by atoms with Crippen LogP contribution in [0.5, 0.6) is 5.88 Å². The van der Waals surface area contributed by atoms with Crippen LogP contribution in [0, 0.1) is 0 Å². The minimum absolute atomic E-state index is 0.533. The summed E-state index contributed by atoms with van der Waals surface area (Å²) in [5, 5.41) is 6.58. The van der Waals surface area contributed by atoms with E-state index in [0.29, 0.717) is 19.0 Å². The summed E-state index contributed by atoms with van der Waals surface area (Å²) in [5.74, 6) is 1.46. The molecule has 0 aliphatic heterocycles. The molecule has 0 radical (unpaired) electrons. The van der Waals surface area contributed by atoms with Gasteiger partial charge in [0, 0.05) is 38.1 Å². The SMILES string of the molecule is CCCCOCCCNC(=NCc1cccnc1OCC)NCC.